The summed E-state index contributed by atoms with van der Waals surface area (Å²) in [6.45, 7) is 9.47. The molecule has 1 heterocycles. The molecule has 0 radical (unpaired) electrons. The van der Waals surface area contributed by atoms with Crippen molar-refractivity contribution in [3.05, 3.63) is 24.3 Å². The van der Waals surface area contributed by atoms with Gasteiger partial charge in [-0.2, -0.15) is 0 Å². The topological polar surface area (TPSA) is 73.9 Å². The highest BCUT2D eigenvalue weighted by Gasteiger charge is 2.32. The van der Waals surface area contributed by atoms with Gasteiger partial charge < -0.3 is 19.5 Å². The highest BCUT2D eigenvalue weighted by molar-refractivity contribution is 5.87. The largest absolute Gasteiger partial charge is 0.485 e. The van der Waals surface area contributed by atoms with Crippen molar-refractivity contribution in [2.75, 3.05) is 6.61 Å². The van der Waals surface area contributed by atoms with Crippen LogP contribution in [0.1, 0.15) is 41.0 Å². The van der Waals surface area contributed by atoms with Gasteiger partial charge in [0, 0.05) is 0 Å². The average Bonchev–Trinajstić information content (AvgIpc) is 2.51. The third-order valence-electron chi connectivity index (χ3n) is 3.52. The zero-order valence-electron chi connectivity index (χ0n) is 15.5. The molecule has 1 aromatic carbocycles. The maximum atomic E-state index is 12.5. The van der Waals surface area contributed by atoms with E-state index in [1.54, 1.807) is 32.9 Å². The smallest absolute Gasteiger partial charge is 0.329 e. The van der Waals surface area contributed by atoms with Crippen LogP contribution in [0.15, 0.2) is 24.3 Å². The Bertz CT molecular complexity index is 620. The van der Waals surface area contributed by atoms with E-state index in [2.05, 4.69) is 5.32 Å². The Morgan fingerprint density at radius 1 is 1.24 bits per heavy atom. The number of fused-ring (bicyclic) bond motifs is 1. The summed E-state index contributed by atoms with van der Waals surface area (Å²) >= 11 is 0. The predicted molar refractivity (Wildman–Crippen MR) is 93.6 cm³/mol. The Hall–Kier alpha value is -2.24. The van der Waals surface area contributed by atoms with Crippen molar-refractivity contribution in [1.29, 1.82) is 0 Å². The van der Waals surface area contributed by atoms with Crippen LogP contribution in [-0.2, 0) is 14.3 Å². The monoisotopic (exact) mass is 349 g/mol. The molecule has 0 unspecified atom stereocenters. The summed E-state index contributed by atoms with van der Waals surface area (Å²) in [7, 11) is 0. The molecular formula is C19H27NO5. The van der Waals surface area contributed by atoms with Crippen LogP contribution in [0.4, 0.5) is 0 Å². The van der Waals surface area contributed by atoms with Gasteiger partial charge in [-0.05, 0) is 45.2 Å². The van der Waals surface area contributed by atoms with E-state index < -0.39 is 23.7 Å². The molecule has 0 fully saturated rings. The van der Waals surface area contributed by atoms with Crippen molar-refractivity contribution in [3.63, 3.8) is 0 Å². The zero-order chi connectivity index (χ0) is 18.6. The lowest BCUT2D eigenvalue weighted by molar-refractivity contribution is -0.159. The SMILES string of the molecule is CC(C)C[C@H](NC(=O)[C@H]1COc2ccccc2O1)C(=O)OC(C)(C)C. The Morgan fingerprint density at radius 2 is 1.88 bits per heavy atom. The third kappa shape index (κ3) is 5.66. The van der Waals surface area contributed by atoms with Gasteiger partial charge in [-0.1, -0.05) is 26.0 Å². The number of carbonyl (C=O) groups excluding carboxylic acids is 2. The summed E-state index contributed by atoms with van der Waals surface area (Å²) in [5.41, 5.74) is -0.611. The molecule has 0 aromatic heterocycles. The second-order valence-corrected chi connectivity index (χ2v) is 7.59. The first-order chi connectivity index (χ1) is 11.7. The number of esters is 1. The van der Waals surface area contributed by atoms with Crippen LogP contribution in [0.5, 0.6) is 11.5 Å². The van der Waals surface area contributed by atoms with Crippen LogP contribution >= 0.6 is 0 Å². The molecule has 0 saturated heterocycles. The fraction of sp³-hybridized carbons (Fsp3) is 0.579. The van der Waals surface area contributed by atoms with Crippen LogP contribution in [0.25, 0.3) is 0 Å². The Labute approximate surface area is 148 Å². The van der Waals surface area contributed by atoms with Crippen LogP contribution in [0.3, 0.4) is 0 Å². The minimum absolute atomic E-state index is 0.103. The van der Waals surface area contributed by atoms with Crippen molar-refractivity contribution >= 4 is 11.9 Å². The number of hydrogen-bond acceptors (Lipinski definition) is 5. The van der Waals surface area contributed by atoms with E-state index in [1.165, 1.54) is 0 Å². The third-order valence-corrected chi connectivity index (χ3v) is 3.52. The molecule has 6 nitrogen and oxygen atoms in total. The second-order valence-electron chi connectivity index (χ2n) is 7.59. The van der Waals surface area contributed by atoms with Crippen LogP contribution in [0, 0.1) is 5.92 Å². The maximum absolute atomic E-state index is 12.5. The minimum atomic E-state index is -0.799. The van der Waals surface area contributed by atoms with Crippen molar-refractivity contribution in [2.24, 2.45) is 5.92 Å². The number of rotatable bonds is 5. The molecule has 6 heteroatoms. The number of nitrogens with one attached hydrogen (secondary N) is 1. The van der Waals surface area contributed by atoms with Gasteiger partial charge in [0.1, 0.15) is 18.2 Å². The maximum Gasteiger partial charge on any atom is 0.329 e. The molecule has 1 N–H and O–H groups in total. The van der Waals surface area contributed by atoms with Crippen molar-refractivity contribution < 1.29 is 23.8 Å². The molecule has 2 rings (SSSR count). The number of carbonyl (C=O) groups is 2. The second kappa shape index (κ2) is 7.76. The summed E-state index contributed by atoms with van der Waals surface area (Å²) < 4.78 is 16.7. The Kier molecular flexibility index (Phi) is 5.93. The number of para-hydroxylation sites is 2. The molecule has 1 aromatic rings. The van der Waals surface area contributed by atoms with Crippen LogP contribution in [0.2, 0.25) is 0 Å². The summed E-state index contributed by atoms with van der Waals surface area (Å²) in [5, 5.41) is 2.75. The van der Waals surface area contributed by atoms with Crippen molar-refractivity contribution in [2.45, 2.75) is 58.8 Å². The molecule has 0 bridgehead atoms. The molecule has 1 aliphatic rings. The zero-order valence-corrected chi connectivity index (χ0v) is 15.5. The van der Waals surface area contributed by atoms with Gasteiger partial charge in [-0.3, -0.25) is 4.79 Å². The fourth-order valence-electron chi connectivity index (χ4n) is 2.47. The minimum Gasteiger partial charge on any atom is -0.485 e. The molecule has 25 heavy (non-hydrogen) atoms. The van der Waals surface area contributed by atoms with Crippen molar-refractivity contribution in [3.8, 4) is 11.5 Å². The van der Waals surface area contributed by atoms with Crippen molar-refractivity contribution in [1.82, 2.24) is 5.32 Å². The van der Waals surface area contributed by atoms with Crippen LogP contribution in [-0.4, -0.2) is 36.2 Å². The van der Waals surface area contributed by atoms with E-state index in [0.29, 0.717) is 17.9 Å². The molecule has 0 spiro atoms. The molecule has 2 atom stereocenters. The standard InChI is InChI=1S/C19H27NO5/c1-12(2)10-13(18(22)25-19(3,4)5)20-17(21)16-11-23-14-8-6-7-9-15(14)24-16/h6-9,12-13,16H,10-11H2,1-5H3,(H,20,21)/t13-,16+/m0/s1. The van der Waals surface area contributed by atoms with Gasteiger partial charge in [-0.25, -0.2) is 4.79 Å². The quantitative estimate of drug-likeness (QED) is 0.828. The molecule has 1 amide bonds. The first-order valence-corrected chi connectivity index (χ1v) is 8.57. The van der Waals surface area contributed by atoms with Crippen LogP contribution < -0.4 is 14.8 Å². The highest BCUT2D eigenvalue weighted by Crippen LogP contribution is 2.30. The Balaban J connectivity index is 2.03. The number of benzene rings is 1. The number of hydrogen-bond donors (Lipinski definition) is 1. The lowest BCUT2D eigenvalue weighted by Crippen LogP contribution is -2.51. The number of ether oxygens (including phenoxy) is 3. The normalized spacial score (nSPS) is 17.8. The van der Waals surface area contributed by atoms with E-state index >= 15 is 0 Å². The average molecular weight is 349 g/mol. The van der Waals surface area contributed by atoms with Gasteiger partial charge >= 0.3 is 5.97 Å². The van der Waals surface area contributed by atoms with E-state index in [-0.39, 0.29) is 18.4 Å². The molecule has 1 aliphatic heterocycles. The van der Waals surface area contributed by atoms with Gasteiger partial charge in [0.2, 0.25) is 6.10 Å². The first-order valence-electron chi connectivity index (χ1n) is 8.57. The molecular weight excluding hydrogens is 322 g/mol. The van der Waals surface area contributed by atoms with E-state index in [0.717, 1.165) is 0 Å². The lowest BCUT2D eigenvalue weighted by Gasteiger charge is -2.29. The van der Waals surface area contributed by atoms with Gasteiger partial charge in [-0.15, -0.1) is 0 Å². The lowest BCUT2D eigenvalue weighted by atomic mass is 10.0. The summed E-state index contributed by atoms with van der Waals surface area (Å²) in [5.74, 6) is 0.531. The predicted octanol–water partition coefficient (Wildman–Crippen LogP) is 2.70. The summed E-state index contributed by atoms with van der Waals surface area (Å²) in [6, 6.07) is 6.46. The van der Waals surface area contributed by atoms with E-state index in [9.17, 15) is 9.59 Å². The molecule has 138 valence electrons. The van der Waals surface area contributed by atoms with Gasteiger partial charge in [0.25, 0.3) is 5.91 Å². The van der Waals surface area contributed by atoms with Gasteiger partial charge in [0.15, 0.2) is 11.5 Å². The Morgan fingerprint density at radius 3 is 2.48 bits per heavy atom. The first kappa shape index (κ1) is 19.1. The van der Waals surface area contributed by atoms with Gasteiger partial charge in [0.05, 0.1) is 0 Å². The summed E-state index contributed by atoms with van der Waals surface area (Å²) in [6.07, 6.45) is -0.308. The van der Waals surface area contributed by atoms with E-state index in [4.69, 9.17) is 14.2 Å². The van der Waals surface area contributed by atoms with E-state index in [1.807, 2.05) is 26.0 Å². The highest BCUT2D eigenvalue weighted by atomic mass is 16.6. The molecule has 0 aliphatic carbocycles. The number of amides is 1. The fourth-order valence-corrected chi connectivity index (χ4v) is 2.47. The molecule has 0 saturated carbocycles. The summed E-state index contributed by atoms with van der Waals surface area (Å²) in [4.78, 5) is 24.9.